The number of urea groups is 1. The Morgan fingerprint density at radius 3 is 2.44 bits per heavy atom. The number of ether oxygens (including phenoxy) is 1. The van der Waals surface area contributed by atoms with Crippen LogP contribution < -0.4 is 25.2 Å². The quantitative estimate of drug-likeness (QED) is 0.240. The number of hydrogen-bond donors (Lipinski definition) is 2. The predicted octanol–water partition coefficient (Wildman–Crippen LogP) is 3.73. The molecule has 3 atom stereocenters. The second-order valence-electron chi connectivity index (χ2n) is 14.3. The summed E-state index contributed by atoms with van der Waals surface area (Å²) in [6.07, 6.45) is 2.58. The van der Waals surface area contributed by atoms with Crippen LogP contribution in [0.1, 0.15) is 59.4 Å². The van der Waals surface area contributed by atoms with E-state index in [1.165, 1.54) is 0 Å². The van der Waals surface area contributed by atoms with Crippen LogP contribution in [0.15, 0.2) is 54.7 Å². The van der Waals surface area contributed by atoms with Crippen LogP contribution in [0.4, 0.5) is 21.9 Å². The van der Waals surface area contributed by atoms with Gasteiger partial charge < -0.3 is 24.8 Å². The molecule has 15 nitrogen and oxygen atoms in total. The Morgan fingerprint density at radius 1 is 0.964 bits per heavy atom. The lowest BCUT2D eigenvalue weighted by Gasteiger charge is -2.45. The van der Waals surface area contributed by atoms with Crippen LogP contribution in [0.25, 0.3) is 0 Å². The minimum atomic E-state index is -0.986. The van der Waals surface area contributed by atoms with E-state index in [4.69, 9.17) is 16.3 Å². The molecule has 4 aliphatic heterocycles. The number of anilines is 3. The number of nitriles is 1. The first kappa shape index (κ1) is 37.6. The maximum atomic E-state index is 13.2. The van der Waals surface area contributed by atoms with Gasteiger partial charge in [0.2, 0.25) is 17.7 Å². The van der Waals surface area contributed by atoms with Crippen LogP contribution in [0, 0.1) is 11.3 Å². The molecule has 3 saturated heterocycles. The van der Waals surface area contributed by atoms with Crippen LogP contribution in [-0.4, -0.2) is 120 Å². The van der Waals surface area contributed by atoms with Crippen molar-refractivity contribution in [1.82, 2.24) is 25.0 Å². The fourth-order valence-electron chi connectivity index (χ4n) is 7.63. The highest BCUT2D eigenvalue weighted by atomic mass is 35.5. The van der Waals surface area contributed by atoms with Crippen LogP contribution in [0.3, 0.4) is 0 Å². The van der Waals surface area contributed by atoms with Gasteiger partial charge in [0.05, 0.1) is 40.2 Å². The van der Waals surface area contributed by atoms with Gasteiger partial charge in [0.25, 0.3) is 11.8 Å². The van der Waals surface area contributed by atoms with Crippen molar-refractivity contribution in [3.05, 3.63) is 76.4 Å². The first-order valence-corrected chi connectivity index (χ1v) is 18.8. The zero-order valence-corrected chi connectivity index (χ0v) is 31.4. The average Bonchev–Trinajstić information content (AvgIpc) is 3.42. The Bertz CT molecular complexity index is 2050. The Labute approximate surface area is 323 Å². The van der Waals surface area contributed by atoms with Gasteiger partial charge in [0.15, 0.2) is 0 Å². The number of benzene rings is 2. The first-order valence-electron chi connectivity index (χ1n) is 18.5. The molecular formula is C39H42ClN9O6. The van der Waals surface area contributed by atoms with Crippen molar-refractivity contribution in [3.8, 4) is 11.9 Å². The Hall–Kier alpha value is -5.72. The molecule has 1 unspecified atom stereocenters. The van der Waals surface area contributed by atoms with Gasteiger partial charge in [-0.2, -0.15) is 5.26 Å². The lowest BCUT2D eigenvalue weighted by Crippen LogP contribution is -2.59. The van der Waals surface area contributed by atoms with E-state index < -0.39 is 29.7 Å². The zero-order chi connectivity index (χ0) is 38.8. The van der Waals surface area contributed by atoms with Crippen molar-refractivity contribution < 1.29 is 28.7 Å². The summed E-state index contributed by atoms with van der Waals surface area (Å²) in [4.78, 5) is 77.4. The molecule has 2 N–H and O–H groups in total. The van der Waals surface area contributed by atoms with E-state index in [1.54, 1.807) is 42.6 Å². The first-order chi connectivity index (χ1) is 26.5. The normalized spacial score (nSPS) is 21.7. The Kier molecular flexibility index (Phi) is 10.9. The largest absolute Gasteiger partial charge is 0.478 e. The third-order valence-electron chi connectivity index (χ3n) is 10.7. The smallest absolute Gasteiger partial charge is 0.322 e. The summed E-state index contributed by atoms with van der Waals surface area (Å²) in [5.74, 6) is -1.57. The standard InChI is InChI=1S/C39H42ClN9O6/c1-24-23-48(25(2)22-47(24)29-6-4-26(20-41)32(40)19-29)39(54)43-27-5-11-35(42-21-27)55-17-3-12-45-13-15-46(16-14-45)28-7-8-30-31(18-28)38(53)49(37(30)52)33-9-10-34(50)44-36(33)51/h4-8,11,18-19,21,24-25,33H,3,9-10,12-17,22-23H2,1-2H3,(H,43,54)(H,44,50,51)/t24-,25+,33?/m0/s1. The molecular weight excluding hydrogens is 726 g/mol. The number of aromatic nitrogens is 1. The van der Waals surface area contributed by atoms with Gasteiger partial charge in [-0.05, 0) is 69.2 Å². The van der Waals surface area contributed by atoms with Crippen molar-refractivity contribution in [2.24, 2.45) is 0 Å². The molecule has 0 saturated carbocycles. The number of nitrogens with one attached hydrogen (secondary N) is 2. The second kappa shape index (κ2) is 15.9. The SMILES string of the molecule is C[C@@H]1CN(c2ccc(C#N)c(Cl)c2)[C@@H](C)CN1C(=O)Nc1ccc(OCCCN2CCN(c3ccc4c(c3)C(=O)N(C3CCC(=O)NC3=O)C4=O)CC2)nc1. The van der Waals surface area contributed by atoms with Gasteiger partial charge in [-0.3, -0.25) is 34.3 Å². The van der Waals surface area contributed by atoms with Crippen molar-refractivity contribution >= 4 is 58.3 Å². The van der Waals surface area contributed by atoms with Crippen LogP contribution >= 0.6 is 11.6 Å². The number of nitrogens with zero attached hydrogens (tertiary/aromatic N) is 7. The third kappa shape index (κ3) is 7.92. The van der Waals surface area contributed by atoms with Crippen molar-refractivity contribution in [2.45, 2.75) is 51.2 Å². The van der Waals surface area contributed by atoms with E-state index >= 15 is 0 Å². The lowest BCUT2D eigenvalue weighted by molar-refractivity contribution is -0.136. The van der Waals surface area contributed by atoms with Crippen molar-refractivity contribution in [1.29, 1.82) is 5.26 Å². The molecule has 5 heterocycles. The molecule has 286 valence electrons. The van der Waals surface area contributed by atoms with Gasteiger partial charge in [0, 0.05) is 81.8 Å². The number of fused-ring (bicyclic) bond motifs is 1. The molecule has 4 aliphatic rings. The van der Waals surface area contributed by atoms with Crippen LogP contribution in [0.5, 0.6) is 5.88 Å². The summed E-state index contributed by atoms with van der Waals surface area (Å²) >= 11 is 6.28. The average molecular weight is 768 g/mol. The number of piperazine rings is 2. The molecule has 0 bridgehead atoms. The summed E-state index contributed by atoms with van der Waals surface area (Å²) in [6, 6.07) is 15.0. The number of imide groups is 2. The monoisotopic (exact) mass is 767 g/mol. The number of carbonyl (C=O) groups is 5. The lowest BCUT2D eigenvalue weighted by atomic mass is 10.0. The van der Waals surface area contributed by atoms with Gasteiger partial charge >= 0.3 is 6.03 Å². The van der Waals surface area contributed by atoms with Gasteiger partial charge in [-0.25, -0.2) is 9.78 Å². The Balaban J connectivity index is 0.827. The molecule has 3 aromatic rings. The van der Waals surface area contributed by atoms with E-state index in [1.807, 2.05) is 24.0 Å². The fraction of sp³-hybridized carbons (Fsp3) is 0.410. The minimum absolute atomic E-state index is 0.0371. The van der Waals surface area contributed by atoms with E-state index in [0.29, 0.717) is 41.8 Å². The molecule has 0 aliphatic carbocycles. The van der Waals surface area contributed by atoms with Crippen LogP contribution in [0.2, 0.25) is 5.02 Å². The minimum Gasteiger partial charge on any atom is -0.478 e. The number of halogens is 1. The molecule has 0 spiro atoms. The molecule has 16 heteroatoms. The van der Waals surface area contributed by atoms with Crippen LogP contribution in [-0.2, 0) is 9.59 Å². The number of amides is 6. The number of pyridine rings is 1. The second-order valence-corrected chi connectivity index (χ2v) is 14.7. The molecule has 55 heavy (non-hydrogen) atoms. The molecule has 7 rings (SSSR count). The van der Waals surface area contributed by atoms with E-state index in [2.05, 4.69) is 43.3 Å². The number of rotatable bonds is 9. The van der Waals surface area contributed by atoms with E-state index in [9.17, 15) is 29.2 Å². The highest BCUT2D eigenvalue weighted by Crippen LogP contribution is 2.32. The summed E-state index contributed by atoms with van der Waals surface area (Å²) in [5.41, 5.74) is 3.31. The van der Waals surface area contributed by atoms with Crippen molar-refractivity contribution in [3.63, 3.8) is 0 Å². The third-order valence-corrected chi connectivity index (χ3v) is 11.0. The Morgan fingerprint density at radius 2 is 1.73 bits per heavy atom. The molecule has 1 aromatic heterocycles. The van der Waals surface area contributed by atoms with Gasteiger partial charge in [-0.1, -0.05) is 11.6 Å². The molecule has 0 radical (unpaired) electrons. The molecule has 6 amide bonds. The highest BCUT2D eigenvalue weighted by Gasteiger charge is 2.45. The molecule has 3 fully saturated rings. The predicted molar refractivity (Wildman–Crippen MR) is 204 cm³/mol. The zero-order valence-electron chi connectivity index (χ0n) is 30.7. The molecule has 2 aromatic carbocycles. The summed E-state index contributed by atoms with van der Waals surface area (Å²) in [7, 11) is 0. The summed E-state index contributed by atoms with van der Waals surface area (Å²) < 4.78 is 5.89. The maximum absolute atomic E-state index is 13.2. The number of carbonyl (C=O) groups excluding carboxylic acids is 5. The van der Waals surface area contributed by atoms with E-state index in [0.717, 1.165) is 55.4 Å². The summed E-state index contributed by atoms with van der Waals surface area (Å²) in [6.45, 7) is 9.62. The maximum Gasteiger partial charge on any atom is 0.322 e. The van der Waals surface area contributed by atoms with Gasteiger partial charge in [0.1, 0.15) is 12.1 Å². The van der Waals surface area contributed by atoms with E-state index in [-0.39, 0.29) is 42.1 Å². The number of piperidine rings is 1. The summed E-state index contributed by atoms with van der Waals surface area (Å²) in [5, 5.41) is 14.8. The van der Waals surface area contributed by atoms with Crippen molar-refractivity contribution in [2.75, 3.05) is 67.5 Å². The van der Waals surface area contributed by atoms with Gasteiger partial charge in [-0.15, -0.1) is 0 Å². The topological polar surface area (TPSA) is 172 Å². The highest BCUT2D eigenvalue weighted by molar-refractivity contribution is 6.32. The number of hydrogen-bond acceptors (Lipinski definition) is 11. The fourth-order valence-corrected chi connectivity index (χ4v) is 7.84.